The van der Waals surface area contributed by atoms with E-state index in [1.54, 1.807) is 22.2 Å². The van der Waals surface area contributed by atoms with Crippen LogP contribution < -0.4 is 20.6 Å². The molecule has 3 aliphatic heterocycles. The number of hydrogen-bond acceptors (Lipinski definition) is 2. The molecule has 3 heteroatoms. The van der Waals surface area contributed by atoms with E-state index in [2.05, 4.69) is 96.4 Å². The summed E-state index contributed by atoms with van der Waals surface area (Å²) in [6.45, 7) is 19.8. The number of para-hydroxylation sites is 1. The molecular formula is C33H39BN2. The maximum absolute atomic E-state index is 2.90. The molecule has 7 rings (SSSR count). The molecule has 0 spiro atoms. The lowest BCUT2D eigenvalue weighted by Gasteiger charge is -2.53. The zero-order valence-corrected chi connectivity index (χ0v) is 23.6. The highest BCUT2D eigenvalue weighted by atomic mass is 15.3. The van der Waals surface area contributed by atoms with Crippen molar-refractivity contribution in [2.24, 2.45) is 0 Å². The smallest absolute Gasteiger partial charge is 0.328 e. The quantitative estimate of drug-likeness (QED) is 0.330. The average Bonchev–Trinajstić information content (AvgIpc) is 3.08. The summed E-state index contributed by atoms with van der Waals surface area (Å²) in [4.78, 5) is 5.49. The van der Waals surface area contributed by atoms with Crippen molar-refractivity contribution in [2.75, 3.05) is 16.8 Å². The third kappa shape index (κ3) is 2.20. The molecule has 3 aromatic rings. The minimum atomic E-state index is 0.0913. The van der Waals surface area contributed by atoms with Crippen LogP contribution in [0.5, 0.6) is 0 Å². The summed E-state index contributed by atoms with van der Waals surface area (Å²) in [7, 11) is 2.34. The molecule has 2 unspecified atom stereocenters. The van der Waals surface area contributed by atoms with E-state index < -0.39 is 0 Å². The molecule has 3 aromatic carbocycles. The van der Waals surface area contributed by atoms with Crippen molar-refractivity contribution in [1.82, 2.24) is 0 Å². The van der Waals surface area contributed by atoms with Gasteiger partial charge in [-0.2, -0.15) is 0 Å². The number of fused-ring (bicyclic) bond motifs is 7. The van der Waals surface area contributed by atoms with Gasteiger partial charge in [-0.25, -0.2) is 0 Å². The van der Waals surface area contributed by atoms with E-state index >= 15 is 0 Å². The molecule has 2 atom stereocenters. The lowest BCUT2D eigenvalue weighted by atomic mass is 9.42. The first-order valence-electron chi connectivity index (χ1n) is 14.0. The SMILES string of the molecule is Cc1c(C)c2c3c(c1C)N1c4c(c(C)c(C)c(C)c4C4(C)CCCCC14C)B3N(C)c1ccccc1-2. The first-order chi connectivity index (χ1) is 17.1. The van der Waals surface area contributed by atoms with Crippen LogP contribution in [0, 0.1) is 41.5 Å². The molecule has 184 valence electrons. The Hall–Kier alpha value is -2.68. The van der Waals surface area contributed by atoms with Crippen molar-refractivity contribution in [1.29, 1.82) is 0 Å². The van der Waals surface area contributed by atoms with Gasteiger partial charge in [0.05, 0.1) is 5.54 Å². The third-order valence-electron chi connectivity index (χ3n) is 11.5. The van der Waals surface area contributed by atoms with Gasteiger partial charge in [-0.3, -0.25) is 0 Å². The van der Waals surface area contributed by atoms with Gasteiger partial charge in [0.2, 0.25) is 0 Å². The van der Waals surface area contributed by atoms with Crippen molar-refractivity contribution in [3.8, 4) is 11.1 Å². The van der Waals surface area contributed by atoms with E-state index in [9.17, 15) is 0 Å². The predicted octanol–water partition coefficient (Wildman–Crippen LogP) is 6.82. The van der Waals surface area contributed by atoms with Crippen molar-refractivity contribution >= 4 is 34.8 Å². The van der Waals surface area contributed by atoms with E-state index in [1.165, 1.54) is 81.6 Å². The van der Waals surface area contributed by atoms with Gasteiger partial charge in [0, 0.05) is 28.0 Å². The monoisotopic (exact) mass is 474 g/mol. The number of anilines is 3. The molecule has 0 radical (unpaired) electrons. The molecule has 0 saturated heterocycles. The molecule has 1 saturated carbocycles. The molecular weight excluding hydrogens is 435 g/mol. The second kappa shape index (κ2) is 6.79. The van der Waals surface area contributed by atoms with Crippen molar-refractivity contribution in [3.63, 3.8) is 0 Å². The Bertz CT molecular complexity index is 1520. The fourth-order valence-corrected chi connectivity index (χ4v) is 8.99. The molecule has 1 aliphatic carbocycles. The second-order valence-corrected chi connectivity index (χ2v) is 12.7. The van der Waals surface area contributed by atoms with Gasteiger partial charge in [0.15, 0.2) is 0 Å². The zero-order chi connectivity index (χ0) is 25.5. The van der Waals surface area contributed by atoms with Crippen LogP contribution in [0.25, 0.3) is 11.1 Å². The van der Waals surface area contributed by atoms with Crippen LogP contribution in [0.2, 0.25) is 0 Å². The highest BCUT2D eigenvalue weighted by molar-refractivity contribution is 6.93. The molecule has 1 fully saturated rings. The van der Waals surface area contributed by atoms with Crippen LogP contribution in [-0.4, -0.2) is 19.4 Å². The zero-order valence-electron chi connectivity index (χ0n) is 23.6. The van der Waals surface area contributed by atoms with Gasteiger partial charge in [0.25, 0.3) is 0 Å². The van der Waals surface area contributed by atoms with E-state index in [0.29, 0.717) is 0 Å². The summed E-state index contributed by atoms with van der Waals surface area (Å²) >= 11 is 0. The Morgan fingerprint density at radius 3 is 2.14 bits per heavy atom. The number of nitrogens with zero attached hydrogens (tertiary/aromatic N) is 2. The van der Waals surface area contributed by atoms with Crippen molar-refractivity contribution < 1.29 is 0 Å². The Labute approximate surface area is 217 Å². The van der Waals surface area contributed by atoms with Gasteiger partial charge >= 0.3 is 6.85 Å². The summed E-state index contributed by atoms with van der Waals surface area (Å²) in [6, 6.07) is 9.11. The predicted molar refractivity (Wildman–Crippen MR) is 157 cm³/mol. The maximum atomic E-state index is 2.90. The third-order valence-corrected chi connectivity index (χ3v) is 11.5. The van der Waals surface area contributed by atoms with E-state index in [0.717, 1.165) is 0 Å². The van der Waals surface area contributed by atoms with Crippen LogP contribution in [0.3, 0.4) is 0 Å². The van der Waals surface area contributed by atoms with E-state index in [4.69, 9.17) is 0 Å². The first-order valence-corrected chi connectivity index (χ1v) is 14.0. The number of rotatable bonds is 0. The minimum Gasteiger partial charge on any atom is -0.409 e. The van der Waals surface area contributed by atoms with Crippen LogP contribution in [-0.2, 0) is 5.41 Å². The van der Waals surface area contributed by atoms with Gasteiger partial charge < -0.3 is 9.71 Å². The average molecular weight is 475 g/mol. The number of benzene rings is 3. The normalized spacial score (nSPS) is 25.0. The lowest BCUT2D eigenvalue weighted by Crippen LogP contribution is -2.66. The summed E-state index contributed by atoms with van der Waals surface area (Å²) < 4.78 is 0. The Morgan fingerprint density at radius 2 is 1.39 bits per heavy atom. The molecule has 0 amide bonds. The van der Waals surface area contributed by atoms with Gasteiger partial charge in [-0.1, -0.05) is 38.0 Å². The molecule has 0 aromatic heterocycles. The molecule has 3 heterocycles. The summed E-state index contributed by atoms with van der Waals surface area (Å²) in [6.07, 6.45) is 5.19. The highest BCUT2D eigenvalue weighted by Crippen LogP contribution is 2.63. The van der Waals surface area contributed by atoms with Gasteiger partial charge in [-0.15, -0.1) is 0 Å². The Balaban J connectivity index is 1.73. The first kappa shape index (κ1) is 22.5. The fourth-order valence-electron chi connectivity index (χ4n) is 8.99. The van der Waals surface area contributed by atoms with Gasteiger partial charge in [0.1, 0.15) is 0 Å². The van der Waals surface area contributed by atoms with E-state index in [-0.39, 0.29) is 17.8 Å². The molecule has 4 aliphatic rings. The van der Waals surface area contributed by atoms with Crippen molar-refractivity contribution in [3.05, 3.63) is 63.2 Å². The minimum absolute atomic E-state index is 0.0913. The largest absolute Gasteiger partial charge is 0.409 e. The standard InChI is InChI=1S/C33H39BN2/c1-18-20(3)26-24-14-10-11-15-25(24)35(9)34-28-22(5)19(2)21(4)27-31(28)36(30(23(18)6)29(26)34)33(8)17-13-12-16-32(27,33)7/h10-11,14-15H,12-13,16-17H2,1-9H3. The Kier molecular flexibility index (Phi) is 4.25. The summed E-state index contributed by atoms with van der Waals surface area (Å²) in [5, 5.41) is 0. The second-order valence-electron chi connectivity index (χ2n) is 12.7. The molecule has 0 N–H and O–H groups in total. The Morgan fingerprint density at radius 1 is 0.722 bits per heavy atom. The van der Waals surface area contributed by atoms with Gasteiger partial charge in [-0.05, 0) is 130 Å². The maximum Gasteiger partial charge on any atom is 0.328 e. The summed E-state index contributed by atoms with van der Waals surface area (Å²) in [5.41, 5.74) is 21.3. The molecule has 36 heavy (non-hydrogen) atoms. The molecule has 0 bridgehead atoms. The highest BCUT2D eigenvalue weighted by Gasteiger charge is 2.62. The van der Waals surface area contributed by atoms with Crippen LogP contribution in [0.1, 0.15) is 78.5 Å². The molecule has 2 nitrogen and oxygen atoms in total. The topological polar surface area (TPSA) is 6.48 Å². The summed E-state index contributed by atoms with van der Waals surface area (Å²) in [5.74, 6) is 0. The van der Waals surface area contributed by atoms with Crippen molar-refractivity contribution in [2.45, 2.75) is 92.0 Å². The van der Waals surface area contributed by atoms with Crippen LogP contribution in [0.4, 0.5) is 17.1 Å². The van der Waals surface area contributed by atoms with Crippen LogP contribution >= 0.6 is 0 Å². The fraction of sp³-hybridized carbons (Fsp3) is 0.455. The number of hydrogen-bond donors (Lipinski definition) is 0. The lowest BCUT2D eigenvalue weighted by molar-refractivity contribution is 0.194. The van der Waals surface area contributed by atoms with E-state index in [1.807, 2.05) is 0 Å². The van der Waals surface area contributed by atoms with Crippen LogP contribution in [0.15, 0.2) is 24.3 Å².